The van der Waals surface area contributed by atoms with Crippen molar-refractivity contribution in [3.63, 3.8) is 0 Å². The summed E-state index contributed by atoms with van der Waals surface area (Å²) in [5.41, 5.74) is 4.68. The Morgan fingerprint density at radius 1 is 1.10 bits per heavy atom. The van der Waals surface area contributed by atoms with Crippen LogP contribution >= 0.6 is 15.9 Å². The number of anilines is 1. The van der Waals surface area contributed by atoms with Crippen LogP contribution < -0.4 is 5.32 Å². The first-order valence-corrected chi connectivity index (χ1v) is 9.35. The van der Waals surface area contributed by atoms with E-state index in [1.54, 1.807) is 0 Å². The van der Waals surface area contributed by atoms with Gasteiger partial charge < -0.3 is 0 Å². The standard InChI is InChI=1S/C16H14BrN3Se/c17-12-4-1-3-10(7-12)11-8-13(9-11)18-14-5-2-6-15-16(14)20-21-19-15/h1-7,11,13,18H,8-9H2. The van der Waals surface area contributed by atoms with Crippen LogP contribution in [0.3, 0.4) is 0 Å². The molecule has 21 heavy (non-hydrogen) atoms. The summed E-state index contributed by atoms with van der Waals surface area (Å²) < 4.78 is 10.1. The number of nitrogens with zero attached hydrogens (tertiary/aromatic N) is 2. The third kappa shape index (κ3) is 2.66. The summed E-state index contributed by atoms with van der Waals surface area (Å²) in [4.78, 5) is 0. The summed E-state index contributed by atoms with van der Waals surface area (Å²) >= 11 is 3.59. The number of nitrogens with one attached hydrogen (secondary N) is 1. The molecule has 0 spiro atoms. The van der Waals surface area contributed by atoms with Gasteiger partial charge in [-0.3, -0.25) is 0 Å². The van der Waals surface area contributed by atoms with Crippen LogP contribution in [0.4, 0.5) is 5.69 Å². The molecule has 0 radical (unpaired) electrons. The summed E-state index contributed by atoms with van der Waals surface area (Å²) in [6.45, 7) is 0. The number of hydrogen-bond acceptors (Lipinski definition) is 3. The molecule has 1 aliphatic carbocycles. The molecule has 0 atom stereocenters. The number of rotatable bonds is 3. The van der Waals surface area contributed by atoms with Crippen LogP contribution in [0.25, 0.3) is 11.0 Å². The molecule has 0 saturated heterocycles. The molecule has 3 aromatic rings. The van der Waals surface area contributed by atoms with Crippen molar-refractivity contribution in [1.29, 1.82) is 0 Å². The number of aromatic nitrogens is 2. The minimum absolute atomic E-state index is 0.0403. The zero-order valence-electron chi connectivity index (χ0n) is 11.3. The van der Waals surface area contributed by atoms with Gasteiger partial charge in [-0.1, -0.05) is 0 Å². The monoisotopic (exact) mass is 407 g/mol. The number of fused-ring (bicyclic) bond motifs is 1. The van der Waals surface area contributed by atoms with Crippen LogP contribution in [0.2, 0.25) is 0 Å². The van der Waals surface area contributed by atoms with Crippen molar-refractivity contribution in [2.45, 2.75) is 24.8 Å². The van der Waals surface area contributed by atoms with Gasteiger partial charge in [0.2, 0.25) is 0 Å². The van der Waals surface area contributed by atoms with Crippen molar-refractivity contribution >= 4 is 47.6 Å². The first kappa shape index (κ1) is 13.5. The van der Waals surface area contributed by atoms with E-state index in [1.165, 1.54) is 22.9 Å². The molecule has 1 N–H and O–H groups in total. The van der Waals surface area contributed by atoms with Gasteiger partial charge in [0.15, 0.2) is 0 Å². The van der Waals surface area contributed by atoms with Gasteiger partial charge in [-0.25, -0.2) is 0 Å². The van der Waals surface area contributed by atoms with E-state index in [1.807, 2.05) is 6.07 Å². The Kier molecular flexibility index (Phi) is 3.57. The Hall–Kier alpha value is -1.16. The maximum atomic E-state index is 4.53. The van der Waals surface area contributed by atoms with Gasteiger partial charge in [0, 0.05) is 0 Å². The summed E-state index contributed by atoms with van der Waals surface area (Å²) in [5.74, 6) is 0.669. The van der Waals surface area contributed by atoms with E-state index in [9.17, 15) is 0 Å². The van der Waals surface area contributed by atoms with Crippen molar-refractivity contribution in [2.75, 3.05) is 5.32 Å². The van der Waals surface area contributed by atoms with Gasteiger partial charge in [-0.15, -0.1) is 0 Å². The second kappa shape index (κ2) is 5.56. The second-order valence-corrected chi connectivity index (χ2v) is 7.53. The molecule has 1 heterocycles. The minimum atomic E-state index is 0.0403. The van der Waals surface area contributed by atoms with Crippen LogP contribution in [0, 0.1) is 0 Å². The second-order valence-electron chi connectivity index (χ2n) is 5.50. The molecule has 1 fully saturated rings. The first-order valence-electron chi connectivity index (χ1n) is 7.03. The van der Waals surface area contributed by atoms with Gasteiger partial charge in [0.1, 0.15) is 0 Å². The van der Waals surface area contributed by atoms with Crippen LogP contribution in [0.1, 0.15) is 24.3 Å². The van der Waals surface area contributed by atoms with Crippen LogP contribution in [-0.4, -0.2) is 29.0 Å². The zero-order chi connectivity index (χ0) is 14.2. The van der Waals surface area contributed by atoms with Crippen molar-refractivity contribution in [3.05, 3.63) is 52.5 Å². The van der Waals surface area contributed by atoms with E-state index < -0.39 is 0 Å². The molecule has 0 bridgehead atoms. The Bertz CT molecular complexity index is 780. The molecular weight excluding hydrogens is 393 g/mol. The maximum absolute atomic E-state index is 4.53. The Labute approximate surface area is 138 Å². The number of benzene rings is 2. The predicted octanol–water partition coefficient (Wildman–Crippen LogP) is 3.81. The SMILES string of the molecule is Brc1cccc(C2CC(Nc3cccc4n[se]nc34)C2)c1. The summed E-state index contributed by atoms with van der Waals surface area (Å²) in [7, 11) is 0. The van der Waals surface area contributed by atoms with Crippen LogP contribution in [0.15, 0.2) is 46.9 Å². The van der Waals surface area contributed by atoms with E-state index in [0.29, 0.717) is 12.0 Å². The molecule has 5 heteroatoms. The summed E-state index contributed by atoms with van der Waals surface area (Å²) in [5, 5.41) is 3.64. The van der Waals surface area contributed by atoms with E-state index in [4.69, 9.17) is 0 Å². The average molecular weight is 407 g/mol. The normalized spacial score (nSPS) is 21.2. The van der Waals surface area contributed by atoms with Gasteiger partial charge in [-0.2, -0.15) is 0 Å². The molecule has 1 aliphatic rings. The van der Waals surface area contributed by atoms with Crippen LogP contribution in [0.5, 0.6) is 0 Å². The molecule has 0 aliphatic heterocycles. The molecule has 0 amide bonds. The van der Waals surface area contributed by atoms with E-state index in [0.717, 1.165) is 16.7 Å². The Morgan fingerprint density at radius 3 is 2.81 bits per heavy atom. The predicted molar refractivity (Wildman–Crippen MR) is 90.0 cm³/mol. The van der Waals surface area contributed by atoms with Crippen molar-refractivity contribution in [3.8, 4) is 0 Å². The fourth-order valence-electron chi connectivity index (χ4n) is 2.91. The molecule has 2 aromatic carbocycles. The van der Waals surface area contributed by atoms with Gasteiger partial charge in [-0.05, 0) is 0 Å². The average Bonchev–Trinajstić information content (AvgIpc) is 2.91. The molecule has 106 valence electrons. The van der Waals surface area contributed by atoms with Gasteiger partial charge in [0.25, 0.3) is 0 Å². The summed E-state index contributed by atoms with van der Waals surface area (Å²) in [6, 6.07) is 15.4. The third-order valence-electron chi connectivity index (χ3n) is 4.10. The molecule has 0 unspecified atom stereocenters. The van der Waals surface area contributed by atoms with Gasteiger partial charge >= 0.3 is 138 Å². The molecule has 1 saturated carbocycles. The van der Waals surface area contributed by atoms with Crippen LogP contribution in [-0.2, 0) is 0 Å². The Morgan fingerprint density at radius 2 is 1.95 bits per heavy atom. The third-order valence-corrected chi connectivity index (χ3v) is 5.74. The first-order chi connectivity index (χ1) is 10.3. The Balaban J connectivity index is 1.46. The summed E-state index contributed by atoms with van der Waals surface area (Å²) in [6.07, 6.45) is 2.37. The van der Waals surface area contributed by atoms with Gasteiger partial charge in [0.05, 0.1) is 0 Å². The topological polar surface area (TPSA) is 37.8 Å². The van der Waals surface area contributed by atoms with E-state index in [-0.39, 0.29) is 15.0 Å². The number of halogens is 1. The number of hydrogen-bond donors (Lipinski definition) is 1. The van der Waals surface area contributed by atoms with Crippen molar-refractivity contribution in [2.24, 2.45) is 0 Å². The fourth-order valence-corrected chi connectivity index (χ4v) is 4.48. The molecule has 4 rings (SSSR count). The van der Waals surface area contributed by atoms with E-state index in [2.05, 4.69) is 65.6 Å². The van der Waals surface area contributed by atoms with Crippen molar-refractivity contribution in [1.82, 2.24) is 7.96 Å². The van der Waals surface area contributed by atoms with E-state index >= 15 is 0 Å². The fraction of sp³-hybridized carbons (Fsp3) is 0.250. The zero-order valence-corrected chi connectivity index (χ0v) is 14.6. The molecule has 1 aromatic heterocycles. The molecular formula is C16H14BrN3Se. The van der Waals surface area contributed by atoms with Crippen molar-refractivity contribution < 1.29 is 0 Å². The molecule has 3 nitrogen and oxygen atoms in total. The quantitative estimate of drug-likeness (QED) is 0.672.